The molecule has 21 heavy (non-hydrogen) atoms. The van der Waals surface area contributed by atoms with Crippen molar-refractivity contribution in [2.24, 2.45) is 0 Å². The van der Waals surface area contributed by atoms with Crippen molar-refractivity contribution in [1.82, 2.24) is 0 Å². The standard InChI is InChI=1S/C14H11ClF2N2O2/c15-8-1-3-10(4-2-8)21-7-13(20)19-14-11(17)5-9(16)6-12(14)18/h1-6H,7,18H2,(H,19,20). The molecule has 7 heteroatoms. The van der Waals surface area contributed by atoms with Gasteiger partial charge in [0.2, 0.25) is 0 Å². The molecule has 0 unspecified atom stereocenters. The molecule has 0 atom stereocenters. The fraction of sp³-hybridized carbons (Fsp3) is 0.0714. The lowest BCUT2D eigenvalue weighted by molar-refractivity contribution is -0.118. The van der Waals surface area contributed by atoms with E-state index in [1.54, 1.807) is 24.3 Å². The molecule has 3 N–H and O–H groups in total. The summed E-state index contributed by atoms with van der Waals surface area (Å²) in [7, 11) is 0. The van der Waals surface area contributed by atoms with E-state index in [1.165, 1.54) is 0 Å². The van der Waals surface area contributed by atoms with Gasteiger partial charge in [0, 0.05) is 11.1 Å². The minimum Gasteiger partial charge on any atom is -0.484 e. The Bertz CT molecular complexity index is 640. The molecule has 2 aromatic carbocycles. The van der Waals surface area contributed by atoms with E-state index in [4.69, 9.17) is 22.1 Å². The van der Waals surface area contributed by atoms with Gasteiger partial charge in [0.1, 0.15) is 17.3 Å². The van der Waals surface area contributed by atoms with Crippen molar-refractivity contribution in [2.45, 2.75) is 0 Å². The van der Waals surface area contributed by atoms with Crippen molar-refractivity contribution in [3.63, 3.8) is 0 Å². The maximum absolute atomic E-state index is 13.5. The summed E-state index contributed by atoms with van der Waals surface area (Å²) in [5.41, 5.74) is 4.97. The molecule has 0 saturated heterocycles. The molecule has 0 radical (unpaired) electrons. The highest BCUT2D eigenvalue weighted by atomic mass is 35.5. The third kappa shape index (κ3) is 4.06. The van der Waals surface area contributed by atoms with Crippen molar-refractivity contribution in [1.29, 1.82) is 0 Å². The second kappa shape index (κ2) is 6.41. The van der Waals surface area contributed by atoms with Gasteiger partial charge in [-0.3, -0.25) is 4.79 Å². The zero-order valence-corrected chi connectivity index (χ0v) is 11.5. The number of benzene rings is 2. The van der Waals surface area contributed by atoms with Crippen LogP contribution in [-0.4, -0.2) is 12.5 Å². The number of anilines is 2. The van der Waals surface area contributed by atoms with Gasteiger partial charge in [-0.15, -0.1) is 0 Å². The van der Waals surface area contributed by atoms with Crippen LogP contribution in [0.15, 0.2) is 36.4 Å². The second-order valence-corrected chi connectivity index (χ2v) is 4.58. The number of nitrogens with one attached hydrogen (secondary N) is 1. The zero-order chi connectivity index (χ0) is 15.4. The molecular formula is C14H11ClF2N2O2. The molecule has 0 aromatic heterocycles. The van der Waals surface area contributed by atoms with Gasteiger partial charge in [-0.2, -0.15) is 0 Å². The predicted molar refractivity (Wildman–Crippen MR) is 76.3 cm³/mol. The molecule has 0 heterocycles. The quantitative estimate of drug-likeness (QED) is 0.852. The number of amides is 1. The maximum Gasteiger partial charge on any atom is 0.262 e. The van der Waals surface area contributed by atoms with Crippen LogP contribution in [-0.2, 0) is 4.79 Å². The van der Waals surface area contributed by atoms with Crippen LogP contribution in [0.4, 0.5) is 20.2 Å². The van der Waals surface area contributed by atoms with Crippen LogP contribution in [0.2, 0.25) is 5.02 Å². The van der Waals surface area contributed by atoms with Gasteiger partial charge in [-0.25, -0.2) is 8.78 Å². The average molecular weight is 313 g/mol. The minimum absolute atomic E-state index is 0.202. The molecule has 4 nitrogen and oxygen atoms in total. The van der Waals surface area contributed by atoms with Crippen molar-refractivity contribution < 1.29 is 18.3 Å². The van der Waals surface area contributed by atoms with Crippen molar-refractivity contribution in [3.8, 4) is 5.75 Å². The Balaban J connectivity index is 1.97. The van der Waals surface area contributed by atoms with Gasteiger partial charge >= 0.3 is 0 Å². The molecule has 2 aromatic rings. The van der Waals surface area contributed by atoms with Gasteiger partial charge in [0.15, 0.2) is 12.4 Å². The largest absolute Gasteiger partial charge is 0.484 e. The molecule has 1 amide bonds. The number of hydrogen-bond acceptors (Lipinski definition) is 3. The monoisotopic (exact) mass is 312 g/mol. The Morgan fingerprint density at radius 3 is 2.52 bits per heavy atom. The summed E-state index contributed by atoms with van der Waals surface area (Å²) in [6.45, 7) is -0.349. The molecule has 0 saturated carbocycles. The van der Waals surface area contributed by atoms with Crippen LogP contribution in [0.3, 0.4) is 0 Å². The van der Waals surface area contributed by atoms with E-state index in [9.17, 15) is 13.6 Å². The SMILES string of the molecule is Nc1cc(F)cc(F)c1NC(=O)COc1ccc(Cl)cc1. The highest BCUT2D eigenvalue weighted by Crippen LogP contribution is 2.23. The second-order valence-electron chi connectivity index (χ2n) is 4.14. The van der Waals surface area contributed by atoms with Crippen LogP contribution in [0.5, 0.6) is 5.75 Å². The number of carbonyl (C=O) groups is 1. The third-order valence-electron chi connectivity index (χ3n) is 2.53. The van der Waals surface area contributed by atoms with Crippen molar-refractivity contribution in [3.05, 3.63) is 53.1 Å². The highest BCUT2D eigenvalue weighted by Gasteiger charge is 2.12. The van der Waals surface area contributed by atoms with Crippen LogP contribution >= 0.6 is 11.6 Å². The summed E-state index contributed by atoms with van der Waals surface area (Å²) < 4.78 is 31.6. The van der Waals surface area contributed by atoms with E-state index >= 15 is 0 Å². The first-order valence-electron chi connectivity index (χ1n) is 5.88. The van der Waals surface area contributed by atoms with Crippen LogP contribution in [0.25, 0.3) is 0 Å². The number of carbonyl (C=O) groups excluding carboxylic acids is 1. The van der Waals surface area contributed by atoms with Crippen LogP contribution < -0.4 is 15.8 Å². The van der Waals surface area contributed by atoms with E-state index in [1.807, 2.05) is 0 Å². The van der Waals surface area contributed by atoms with Gasteiger partial charge in [0.05, 0.1) is 5.69 Å². The molecule has 0 bridgehead atoms. The lowest BCUT2D eigenvalue weighted by Gasteiger charge is -2.10. The van der Waals surface area contributed by atoms with E-state index in [0.717, 1.165) is 6.07 Å². The zero-order valence-electron chi connectivity index (χ0n) is 10.7. The van der Waals surface area contributed by atoms with Gasteiger partial charge < -0.3 is 15.8 Å². The topological polar surface area (TPSA) is 64.3 Å². The highest BCUT2D eigenvalue weighted by molar-refractivity contribution is 6.30. The number of halogens is 3. The average Bonchev–Trinajstić information content (AvgIpc) is 2.42. The lowest BCUT2D eigenvalue weighted by Crippen LogP contribution is -2.21. The maximum atomic E-state index is 13.5. The van der Waals surface area contributed by atoms with Gasteiger partial charge in [0.25, 0.3) is 5.91 Å². The fourth-order valence-corrected chi connectivity index (χ4v) is 1.71. The molecular weight excluding hydrogens is 302 g/mol. The first-order valence-corrected chi connectivity index (χ1v) is 6.26. The summed E-state index contributed by atoms with van der Waals surface area (Å²) in [6.07, 6.45) is 0. The Labute approximate surface area is 124 Å². The fourth-order valence-electron chi connectivity index (χ4n) is 1.58. The number of ether oxygens (including phenoxy) is 1. The Morgan fingerprint density at radius 1 is 1.24 bits per heavy atom. The smallest absolute Gasteiger partial charge is 0.262 e. The molecule has 0 fully saturated rings. The number of hydrogen-bond donors (Lipinski definition) is 2. The molecule has 0 aliphatic heterocycles. The minimum atomic E-state index is -0.952. The van der Waals surface area contributed by atoms with E-state index < -0.39 is 17.5 Å². The Morgan fingerprint density at radius 2 is 1.90 bits per heavy atom. The normalized spacial score (nSPS) is 10.2. The lowest BCUT2D eigenvalue weighted by atomic mass is 10.2. The molecule has 0 aliphatic rings. The third-order valence-corrected chi connectivity index (χ3v) is 2.79. The molecule has 2 rings (SSSR count). The van der Waals surface area contributed by atoms with Crippen LogP contribution in [0.1, 0.15) is 0 Å². The summed E-state index contributed by atoms with van der Waals surface area (Å²) in [5, 5.41) is 2.77. The summed E-state index contributed by atoms with van der Waals surface area (Å²) in [6, 6.07) is 7.93. The Kier molecular flexibility index (Phi) is 4.59. The summed E-state index contributed by atoms with van der Waals surface area (Å²) in [5.74, 6) is -1.96. The van der Waals surface area contributed by atoms with Gasteiger partial charge in [-0.05, 0) is 30.3 Å². The van der Waals surface area contributed by atoms with Crippen molar-refractivity contribution in [2.75, 3.05) is 17.7 Å². The Hall–Kier alpha value is -2.34. The number of nitrogens with two attached hydrogens (primary N) is 1. The first-order chi connectivity index (χ1) is 9.95. The summed E-state index contributed by atoms with van der Waals surface area (Å²) in [4.78, 5) is 11.7. The number of nitrogen functional groups attached to an aromatic ring is 1. The molecule has 0 aliphatic carbocycles. The van der Waals surface area contributed by atoms with E-state index in [0.29, 0.717) is 16.8 Å². The van der Waals surface area contributed by atoms with Gasteiger partial charge in [-0.1, -0.05) is 11.6 Å². The van der Waals surface area contributed by atoms with Crippen LogP contribution in [0, 0.1) is 11.6 Å². The molecule has 110 valence electrons. The van der Waals surface area contributed by atoms with E-state index in [-0.39, 0.29) is 18.0 Å². The predicted octanol–water partition coefficient (Wildman–Crippen LogP) is 3.22. The van der Waals surface area contributed by atoms with E-state index in [2.05, 4.69) is 5.32 Å². The summed E-state index contributed by atoms with van der Waals surface area (Å²) >= 11 is 5.71. The van der Waals surface area contributed by atoms with Crippen molar-refractivity contribution >= 4 is 28.9 Å². The first kappa shape index (κ1) is 15.1. The molecule has 0 spiro atoms. The number of rotatable bonds is 4.